The molecule has 31 heavy (non-hydrogen) atoms. The van der Waals surface area contributed by atoms with Crippen LogP contribution >= 0.6 is 11.3 Å². The van der Waals surface area contributed by atoms with Gasteiger partial charge in [0.1, 0.15) is 18.0 Å². The smallest absolute Gasteiger partial charge is 0.435 e. The van der Waals surface area contributed by atoms with Crippen molar-refractivity contribution in [3.05, 3.63) is 55.6 Å². The Hall–Kier alpha value is -4.01. The van der Waals surface area contributed by atoms with Gasteiger partial charge in [-0.15, -0.1) is 11.3 Å². The number of hydrogen-bond acceptors (Lipinski definition) is 9. The zero-order valence-electron chi connectivity index (χ0n) is 15.5. The molecule has 2 heterocycles. The molecule has 0 fully saturated rings. The third-order valence-electron chi connectivity index (χ3n) is 3.93. The van der Waals surface area contributed by atoms with Gasteiger partial charge in [-0.2, -0.15) is 13.5 Å². The van der Waals surface area contributed by atoms with Gasteiger partial charge >= 0.3 is 18.1 Å². The van der Waals surface area contributed by atoms with Gasteiger partial charge in [0.15, 0.2) is 5.13 Å². The predicted molar refractivity (Wildman–Crippen MR) is 103 cm³/mol. The third-order valence-corrected chi connectivity index (χ3v) is 4.69. The molecule has 3 aromatic rings. The molecule has 15 heteroatoms. The maximum absolute atomic E-state index is 12.3. The summed E-state index contributed by atoms with van der Waals surface area (Å²) in [6.45, 7) is -2.20. The van der Waals surface area contributed by atoms with Crippen LogP contribution in [0.25, 0.3) is 11.3 Å². The van der Waals surface area contributed by atoms with Crippen LogP contribution in [0.15, 0.2) is 29.6 Å². The van der Waals surface area contributed by atoms with Crippen LogP contribution in [0.4, 0.5) is 25.4 Å². The first-order valence-electron chi connectivity index (χ1n) is 8.32. The maximum atomic E-state index is 12.3. The highest BCUT2D eigenvalue weighted by Gasteiger charge is 2.35. The molecule has 1 amide bonds. The van der Waals surface area contributed by atoms with Crippen molar-refractivity contribution in [3.8, 4) is 17.0 Å². The number of anilines is 1. The van der Waals surface area contributed by atoms with Crippen molar-refractivity contribution in [1.29, 1.82) is 0 Å². The summed E-state index contributed by atoms with van der Waals surface area (Å²) in [6, 6.07) is 5.73. The molecular formula is C16H12F2N6O6S. The largest absolute Gasteiger partial charge is 0.468 e. The van der Waals surface area contributed by atoms with Crippen molar-refractivity contribution in [2.45, 2.75) is 20.1 Å². The molecule has 162 valence electrons. The van der Waals surface area contributed by atoms with E-state index in [0.29, 0.717) is 11.3 Å². The van der Waals surface area contributed by atoms with Crippen molar-refractivity contribution in [2.24, 2.45) is 0 Å². The zero-order valence-corrected chi connectivity index (χ0v) is 16.3. The van der Waals surface area contributed by atoms with Gasteiger partial charge in [-0.05, 0) is 36.1 Å². The first-order chi connectivity index (χ1) is 14.7. The Morgan fingerprint density at radius 3 is 2.48 bits per heavy atom. The molecule has 0 spiro atoms. The summed E-state index contributed by atoms with van der Waals surface area (Å²) in [6.07, 6.45) is 0. The number of nitrogens with zero attached hydrogens (tertiary/aromatic N) is 5. The minimum Gasteiger partial charge on any atom is -0.435 e. The lowest BCUT2D eigenvalue weighted by atomic mass is 10.2. The van der Waals surface area contributed by atoms with E-state index < -0.39 is 40.4 Å². The van der Waals surface area contributed by atoms with Crippen LogP contribution in [0.2, 0.25) is 0 Å². The number of amides is 1. The number of carbonyl (C=O) groups is 1. The van der Waals surface area contributed by atoms with Gasteiger partial charge in [0.2, 0.25) is 5.91 Å². The molecule has 0 unspecified atom stereocenters. The Balaban J connectivity index is 1.70. The van der Waals surface area contributed by atoms with Crippen LogP contribution in [0, 0.1) is 27.2 Å². The Labute approximate surface area is 175 Å². The number of hydrogen-bond donors (Lipinski definition) is 1. The first kappa shape index (κ1) is 21.7. The van der Waals surface area contributed by atoms with Gasteiger partial charge in [-0.25, -0.2) is 4.98 Å². The van der Waals surface area contributed by atoms with Gasteiger partial charge in [-0.1, -0.05) is 0 Å². The Morgan fingerprint density at radius 1 is 1.26 bits per heavy atom. The Bertz CT molecular complexity index is 1150. The molecule has 0 saturated carbocycles. The fraction of sp³-hybridized carbons (Fsp3) is 0.188. The van der Waals surface area contributed by atoms with E-state index in [1.165, 1.54) is 31.2 Å². The van der Waals surface area contributed by atoms with E-state index in [1.807, 2.05) is 0 Å². The van der Waals surface area contributed by atoms with Gasteiger partial charge in [-0.3, -0.25) is 14.9 Å². The molecule has 12 nitrogen and oxygen atoms in total. The number of nitrogens with one attached hydrogen (secondary N) is 1. The summed E-state index contributed by atoms with van der Waals surface area (Å²) in [7, 11) is 0. The molecule has 0 radical (unpaired) electrons. The second kappa shape index (κ2) is 8.78. The van der Waals surface area contributed by atoms with Crippen molar-refractivity contribution in [1.82, 2.24) is 14.8 Å². The highest BCUT2D eigenvalue weighted by Crippen LogP contribution is 2.30. The number of alkyl halides is 2. The molecule has 1 aromatic carbocycles. The summed E-state index contributed by atoms with van der Waals surface area (Å²) in [4.78, 5) is 36.5. The second-order valence-corrected chi connectivity index (χ2v) is 6.78. The highest BCUT2D eigenvalue weighted by atomic mass is 32.1. The van der Waals surface area contributed by atoms with Gasteiger partial charge < -0.3 is 20.2 Å². The van der Waals surface area contributed by atoms with Crippen molar-refractivity contribution < 1.29 is 28.2 Å². The number of halogens is 2. The lowest BCUT2D eigenvalue weighted by Crippen LogP contribution is -2.20. The highest BCUT2D eigenvalue weighted by molar-refractivity contribution is 7.14. The Kier molecular flexibility index (Phi) is 6.15. The molecule has 0 aliphatic rings. The average Bonchev–Trinajstić information content (AvgIpc) is 3.27. The standard InChI is InChI=1S/C16H12F2N6O6S/c1-8-13(23(26)27)14(24(28)29)21-22(8)6-12(25)20-16-19-11(7-31-16)9-2-4-10(5-3-9)30-15(17)18/h2-5,7,15H,6H2,1H3,(H,19,20,25). The quantitative estimate of drug-likeness (QED) is 0.401. The van der Waals surface area contributed by atoms with E-state index in [0.717, 1.165) is 16.0 Å². The topological polar surface area (TPSA) is 155 Å². The van der Waals surface area contributed by atoms with E-state index in [-0.39, 0.29) is 16.6 Å². The summed E-state index contributed by atoms with van der Waals surface area (Å²) < 4.78 is 29.5. The lowest BCUT2D eigenvalue weighted by Gasteiger charge is -2.04. The molecule has 0 saturated heterocycles. The van der Waals surface area contributed by atoms with Crippen LogP contribution in [-0.4, -0.2) is 37.1 Å². The monoisotopic (exact) mass is 454 g/mol. The van der Waals surface area contributed by atoms with Gasteiger partial charge in [0.05, 0.1) is 15.7 Å². The van der Waals surface area contributed by atoms with Gasteiger partial charge in [0, 0.05) is 10.9 Å². The Morgan fingerprint density at radius 2 is 1.94 bits per heavy atom. The van der Waals surface area contributed by atoms with E-state index >= 15 is 0 Å². The van der Waals surface area contributed by atoms with Crippen LogP contribution in [0.3, 0.4) is 0 Å². The fourth-order valence-electron chi connectivity index (χ4n) is 2.58. The fourth-order valence-corrected chi connectivity index (χ4v) is 3.31. The summed E-state index contributed by atoms with van der Waals surface area (Å²) in [5.74, 6) is -1.62. The summed E-state index contributed by atoms with van der Waals surface area (Å²) in [5.41, 5.74) is 0.129. The molecule has 1 N–H and O–H groups in total. The van der Waals surface area contributed by atoms with E-state index in [1.54, 1.807) is 5.38 Å². The van der Waals surface area contributed by atoms with E-state index in [4.69, 9.17) is 0 Å². The van der Waals surface area contributed by atoms with Crippen molar-refractivity contribution in [3.63, 3.8) is 0 Å². The normalized spacial score (nSPS) is 10.8. The second-order valence-electron chi connectivity index (χ2n) is 5.92. The molecule has 3 rings (SSSR count). The lowest BCUT2D eigenvalue weighted by molar-refractivity contribution is -0.424. The van der Waals surface area contributed by atoms with Crippen LogP contribution in [0.5, 0.6) is 5.75 Å². The van der Waals surface area contributed by atoms with Crippen LogP contribution in [0.1, 0.15) is 5.69 Å². The molecule has 0 aliphatic carbocycles. The number of benzene rings is 1. The third kappa shape index (κ3) is 4.95. The van der Waals surface area contributed by atoms with Gasteiger partial charge in [0.25, 0.3) is 0 Å². The molecule has 0 aliphatic heterocycles. The summed E-state index contributed by atoms with van der Waals surface area (Å²) >= 11 is 1.08. The van der Waals surface area contributed by atoms with Crippen molar-refractivity contribution >= 4 is 33.9 Å². The molecule has 2 aromatic heterocycles. The molecule has 0 bridgehead atoms. The number of aromatic nitrogens is 3. The number of ether oxygens (including phenoxy) is 1. The zero-order chi connectivity index (χ0) is 22.7. The van der Waals surface area contributed by atoms with Crippen LogP contribution < -0.4 is 10.1 Å². The number of nitro groups is 2. The van der Waals surface area contributed by atoms with Crippen LogP contribution in [-0.2, 0) is 11.3 Å². The summed E-state index contributed by atoms with van der Waals surface area (Å²) in [5, 5.41) is 29.8. The van der Waals surface area contributed by atoms with Crippen molar-refractivity contribution in [2.75, 3.05) is 5.32 Å². The average molecular weight is 454 g/mol. The molecule has 0 atom stereocenters. The maximum Gasteiger partial charge on any atom is 0.468 e. The van der Waals surface area contributed by atoms with E-state index in [9.17, 15) is 33.8 Å². The molecular weight excluding hydrogens is 442 g/mol. The number of carbonyl (C=O) groups excluding carboxylic acids is 1. The first-order valence-corrected chi connectivity index (χ1v) is 9.20. The number of thiazole rings is 1. The minimum atomic E-state index is -2.94. The van der Waals surface area contributed by atoms with E-state index in [2.05, 4.69) is 20.1 Å². The minimum absolute atomic E-state index is 0.0136. The SMILES string of the molecule is Cc1c([N+](=O)[O-])c([N+](=O)[O-])nn1CC(=O)Nc1nc(-c2ccc(OC(F)F)cc2)cs1. The number of rotatable bonds is 8. The predicted octanol–water partition coefficient (Wildman–Crippen LogP) is 3.37.